The summed E-state index contributed by atoms with van der Waals surface area (Å²) in [6.45, 7) is 9.53. The number of aliphatic hydroxyl groups excluding tert-OH is 1. The fourth-order valence-corrected chi connectivity index (χ4v) is 3.62. The molecule has 2 N–H and O–H groups in total. The molecule has 0 radical (unpaired) electrons. The summed E-state index contributed by atoms with van der Waals surface area (Å²) >= 11 is 0. The van der Waals surface area contributed by atoms with Gasteiger partial charge in [0.15, 0.2) is 0 Å². The van der Waals surface area contributed by atoms with Crippen LogP contribution in [0.3, 0.4) is 0 Å². The normalized spacial score (nSPS) is 27.0. The Morgan fingerprint density at radius 2 is 2.00 bits per heavy atom. The van der Waals surface area contributed by atoms with Crippen molar-refractivity contribution >= 4 is 15.7 Å². The fourth-order valence-electron chi connectivity index (χ4n) is 2.79. The van der Waals surface area contributed by atoms with E-state index >= 15 is 0 Å². The van der Waals surface area contributed by atoms with E-state index in [0.717, 1.165) is 17.6 Å². The highest BCUT2D eigenvalue weighted by Gasteiger charge is 2.41. The van der Waals surface area contributed by atoms with Gasteiger partial charge < -0.3 is 5.11 Å². The number of hydrogen-bond donors (Lipinski definition) is 2. The van der Waals surface area contributed by atoms with Crippen molar-refractivity contribution in [2.24, 2.45) is 10.5 Å². The van der Waals surface area contributed by atoms with Crippen LogP contribution in [0.25, 0.3) is 0 Å². The van der Waals surface area contributed by atoms with Crippen molar-refractivity contribution in [1.29, 1.82) is 0 Å². The zero-order valence-corrected chi connectivity index (χ0v) is 14.7. The van der Waals surface area contributed by atoms with Crippen molar-refractivity contribution in [3.63, 3.8) is 0 Å². The Morgan fingerprint density at radius 1 is 1.39 bits per heavy atom. The minimum Gasteiger partial charge on any atom is -0.392 e. The van der Waals surface area contributed by atoms with Gasteiger partial charge in [-0.05, 0) is 52.2 Å². The molecule has 23 heavy (non-hydrogen) atoms. The molecule has 1 saturated carbocycles. The lowest BCUT2D eigenvalue weighted by molar-refractivity contribution is 0.0823. The Bertz CT molecular complexity index is 723. The molecular weight excluding hydrogens is 312 g/mol. The Labute approximate surface area is 138 Å². The second-order valence-corrected chi connectivity index (χ2v) is 8.02. The monoisotopic (exact) mass is 336 g/mol. The second kappa shape index (κ2) is 6.45. The van der Waals surface area contributed by atoms with Crippen LogP contribution in [-0.2, 0) is 10.0 Å². The Balaban J connectivity index is 2.30. The van der Waals surface area contributed by atoms with Crippen LogP contribution in [0.2, 0.25) is 0 Å². The van der Waals surface area contributed by atoms with Crippen LogP contribution in [0.5, 0.6) is 0 Å². The first kappa shape index (κ1) is 17.7. The zero-order chi connectivity index (χ0) is 17.3. The molecular formula is C17H24N2O3S. The molecule has 2 rings (SSSR count). The van der Waals surface area contributed by atoms with Crippen LogP contribution in [-0.4, -0.2) is 25.3 Å². The van der Waals surface area contributed by atoms with E-state index in [0.29, 0.717) is 18.6 Å². The molecule has 0 spiro atoms. The van der Waals surface area contributed by atoms with E-state index in [1.54, 1.807) is 24.3 Å². The largest absolute Gasteiger partial charge is 0.392 e. The lowest BCUT2D eigenvalue weighted by Crippen LogP contribution is -2.45. The van der Waals surface area contributed by atoms with Gasteiger partial charge in [-0.25, -0.2) is 4.83 Å². The lowest BCUT2D eigenvalue weighted by atomic mass is 9.68. The molecule has 0 saturated heterocycles. The third-order valence-electron chi connectivity index (χ3n) is 4.68. The molecule has 0 amide bonds. The molecule has 2 atom stereocenters. The number of hydrazone groups is 1. The van der Waals surface area contributed by atoms with Gasteiger partial charge in [0.2, 0.25) is 0 Å². The van der Waals surface area contributed by atoms with Crippen LogP contribution in [0.1, 0.15) is 38.7 Å². The molecule has 1 aromatic rings. The molecule has 1 aliphatic carbocycles. The zero-order valence-electron chi connectivity index (χ0n) is 13.8. The van der Waals surface area contributed by atoms with E-state index in [1.165, 1.54) is 0 Å². The standard InChI is InChI=1S/C17H24N2O3S/c1-12(2)17(4)15(6-5-7-16(17)20)18-19-23(21,22)14-10-8-13(3)9-11-14/h8-11,16,19-20H,1,5-7H2,2-4H3/b18-15+/t16-,17+/m0/s1. The van der Waals surface area contributed by atoms with Crippen molar-refractivity contribution in [1.82, 2.24) is 4.83 Å². The molecule has 6 heteroatoms. The molecule has 1 aromatic carbocycles. The summed E-state index contributed by atoms with van der Waals surface area (Å²) in [6.07, 6.45) is 1.47. The summed E-state index contributed by atoms with van der Waals surface area (Å²) in [7, 11) is -3.72. The second-order valence-electron chi connectivity index (χ2n) is 6.36. The molecule has 5 nitrogen and oxygen atoms in total. The average molecular weight is 336 g/mol. The number of nitrogens with zero attached hydrogens (tertiary/aromatic N) is 1. The first-order chi connectivity index (χ1) is 10.7. The van der Waals surface area contributed by atoms with Crippen molar-refractivity contribution < 1.29 is 13.5 Å². The molecule has 1 fully saturated rings. The Kier molecular flexibility index (Phi) is 4.96. The number of rotatable bonds is 4. The number of aliphatic hydroxyl groups is 1. The average Bonchev–Trinajstić information content (AvgIpc) is 2.49. The van der Waals surface area contributed by atoms with Gasteiger partial charge in [0, 0.05) is 0 Å². The van der Waals surface area contributed by atoms with Crippen molar-refractivity contribution in [3.8, 4) is 0 Å². The van der Waals surface area contributed by atoms with Crippen LogP contribution in [0.15, 0.2) is 46.4 Å². The Hall–Kier alpha value is -1.66. The maximum absolute atomic E-state index is 12.3. The van der Waals surface area contributed by atoms with E-state index in [-0.39, 0.29) is 4.90 Å². The molecule has 0 aliphatic heterocycles. The van der Waals surface area contributed by atoms with Gasteiger partial charge in [-0.15, -0.1) is 0 Å². The topological polar surface area (TPSA) is 78.8 Å². The third kappa shape index (κ3) is 3.48. The third-order valence-corrected chi connectivity index (χ3v) is 5.90. The van der Waals surface area contributed by atoms with Gasteiger partial charge in [0.05, 0.1) is 22.1 Å². The van der Waals surface area contributed by atoms with Gasteiger partial charge >= 0.3 is 0 Å². The maximum atomic E-state index is 12.3. The van der Waals surface area contributed by atoms with E-state index in [1.807, 2.05) is 20.8 Å². The van der Waals surface area contributed by atoms with E-state index < -0.39 is 21.5 Å². The SMILES string of the molecule is C=C(C)[C@]1(C)/C(=N/NS(=O)(=O)c2ccc(C)cc2)CCC[C@@H]1O. The number of nitrogens with one attached hydrogen (secondary N) is 1. The van der Waals surface area contributed by atoms with Crippen molar-refractivity contribution in [2.75, 3.05) is 0 Å². The highest BCUT2D eigenvalue weighted by Crippen LogP contribution is 2.39. The summed E-state index contributed by atoms with van der Waals surface area (Å²) in [5.74, 6) is 0. The minimum atomic E-state index is -3.72. The summed E-state index contributed by atoms with van der Waals surface area (Å²) < 4.78 is 24.7. The Morgan fingerprint density at radius 3 is 2.57 bits per heavy atom. The maximum Gasteiger partial charge on any atom is 0.276 e. The first-order valence-electron chi connectivity index (χ1n) is 7.67. The lowest BCUT2D eigenvalue weighted by Gasteiger charge is -2.40. The highest BCUT2D eigenvalue weighted by molar-refractivity contribution is 7.89. The molecule has 126 valence electrons. The molecule has 0 heterocycles. The van der Waals surface area contributed by atoms with E-state index in [4.69, 9.17) is 0 Å². The van der Waals surface area contributed by atoms with E-state index in [9.17, 15) is 13.5 Å². The highest BCUT2D eigenvalue weighted by atomic mass is 32.2. The number of aryl methyl sites for hydroxylation is 1. The first-order valence-corrected chi connectivity index (χ1v) is 9.16. The van der Waals surface area contributed by atoms with Crippen LogP contribution >= 0.6 is 0 Å². The molecule has 0 aromatic heterocycles. The molecule has 0 unspecified atom stereocenters. The van der Waals surface area contributed by atoms with Crippen LogP contribution < -0.4 is 4.83 Å². The number of sulfonamides is 1. The summed E-state index contributed by atoms with van der Waals surface area (Å²) in [5, 5.41) is 14.5. The quantitative estimate of drug-likeness (QED) is 0.655. The fraction of sp³-hybridized carbons (Fsp3) is 0.471. The van der Waals surface area contributed by atoms with Gasteiger partial charge in [-0.3, -0.25) is 0 Å². The van der Waals surface area contributed by atoms with Crippen LogP contribution in [0.4, 0.5) is 0 Å². The van der Waals surface area contributed by atoms with Crippen molar-refractivity contribution in [3.05, 3.63) is 42.0 Å². The molecule has 0 bridgehead atoms. The minimum absolute atomic E-state index is 0.167. The van der Waals surface area contributed by atoms with Gasteiger partial charge in [-0.2, -0.15) is 13.5 Å². The summed E-state index contributed by atoms with van der Waals surface area (Å²) in [5.41, 5.74) is 1.69. The number of hydrogen-bond acceptors (Lipinski definition) is 4. The predicted molar refractivity (Wildman–Crippen MR) is 91.7 cm³/mol. The van der Waals surface area contributed by atoms with E-state index in [2.05, 4.69) is 16.5 Å². The molecule has 1 aliphatic rings. The summed E-state index contributed by atoms with van der Waals surface area (Å²) in [6, 6.07) is 6.57. The van der Waals surface area contributed by atoms with Gasteiger partial charge in [-0.1, -0.05) is 29.8 Å². The predicted octanol–water partition coefficient (Wildman–Crippen LogP) is 2.76. The van der Waals surface area contributed by atoms with Crippen LogP contribution in [0, 0.1) is 12.3 Å². The summed E-state index contributed by atoms with van der Waals surface area (Å²) in [4.78, 5) is 2.47. The number of benzene rings is 1. The van der Waals surface area contributed by atoms with Gasteiger partial charge in [0.1, 0.15) is 0 Å². The smallest absolute Gasteiger partial charge is 0.276 e. The van der Waals surface area contributed by atoms with Gasteiger partial charge in [0.25, 0.3) is 10.0 Å². The van der Waals surface area contributed by atoms with Crippen molar-refractivity contribution in [2.45, 2.75) is 51.0 Å².